The van der Waals surface area contributed by atoms with Crippen molar-refractivity contribution in [1.29, 1.82) is 0 Å². The molecule has 120 valence electrons. The van der Waals surface area contributed by atoms with Crippen LogP contribution in [0.3, 0.4) is 0 Å². The molecule has 0 bridgehead atoms. The summed E-state index contributed by atoms with van der Waals surface area (Å²) in [6, 6.07) is 0.0324. The Balaban J connectivity index is 1.90. The van der Waals surface area contributed by atoms with Gasteiger partial charge in [0, 0.05) is 6.04 Å². The fraction of sp³-hybridized carbons (Fsp3) is 0.875. The van der Waals surface area contributed by atoms with Crippen molar-refractivity contribution < 1.29 is 14.7 Å². The maximum Gasteiger partial charge on any atom is 0.315 e. The van der Waals surface area contributed by atoms with Gasteiger partial charge in [-0.25, -0.2) is 4.79 Å². The van der Waals surface area contributed by atoms with Crippen LogP contribution >= 0.6 is 0 Å². The van der Waals surface area contributed by atoms with Crippen LogP contribution in [0.1, 0.15) is 65.2 Å². The van der Waals surface area contributed by atoms with E-state index in [-0.39, 0.29) is 18.5 Å². The summed E-state index contributed by atoms with van der Waals surface area (Å²) in [6.45, 7) is 4.40. The lowest BCUT2D eigenvalue weighted by molar-refractivity contribution is -0.138. The summed E-state index contributed by atoms with van der Waals surface area (Å²) in [5, 5.41) is 15.1. The Labute approximate surface area is 126 Å². The highest BCUT2D eigenvalue weighted by atomic mass is 16.4. The van der Waals surface area contributed by atoms with Crippen molar-refractivity contribution in [3.8, 4) is 0 Å². The molecule has 2 rings (SSSR count). The molecule has 21 heavy (non-hydrogen) atoms. The first-order chi connectivity index (χ1) is 9.96. The number of hydrogen-bond acceptors (Lipinski definition) is 2. The average Bonchev–Trinajstić information content (AvgIpc) is 2.97. The summed E-state index contributed by atoms with van der Waals surface area (Å²) in [7, 11) is 0. The zero-order valence-corrected chi connectivity index (χ0v) is 13.2. The first kappa shape index (κ1) is 16.1. The molecule has 0 aliphatic heterocycles. The van der Waals surface area contributed by atoms with Gasteiger partial charge in [0.05, 0.1) is 12.0 Å². The molecule has 2 aliphatic carbocycles. The number of amides is 2. The van der Waals surface area contributed by atoms with Gasteiger partial charge in [-0.2, -0.15) is 0 Å². The van der Waals surface area contributed by atoms with E-state index < -0.39 is 11.5 Å². The number of carbonyl (C=O) groups is 2. The van der Waals surface area contributed by atoms with Gasteiger partial charge in [0.15, 0.2) is 0 Å². The number of rotatable bonds is 5. The fourth-order valence-electron chi connectivity index (χ4n) is 4.16. The summed E-state index contributed by atoms with van der Waals surface area (Å²) in [6.07, 6.45) is 6.90. The van der Waals surface area contributed by atoms with E-state index in [1.807, 2.05) is 0 Å². The monoisotopic (exact) mass is 296 g/mol. The van der Waals surface area contributed by atoms with E-state index in [2.05, 4.69) is 24.5 Å². The summed E-state index contributed by atoms with van der Waals surface area (Å²) in [5.41, 5.74) is -0.540. The molecular weight excluding hydrogens is 268 g/mol. The van der Waals surface area contributed by atoms with Crippen LogP contribution in [0.15, 0.2) is 0 Å². The Bertz CT molecular complexity index is 391. The second-order valence-corrected chi connectivity index (χ2v) is 6.87. The molecule has 2 aliphatic rings. The number of hydrogen-bond donors (Lipinski definition) is 3. The van der Waals surface area contributed by atoms with Crippen molar-refractivity contribution >= 4 is 12.0 Å². The summed E-state index contributed by atoms with van der Waals surface area (Å²) < 4.78 is 0. The second kappa shape index (κ2) is 6.67. The highest BCUT2D eigenvalue weighted by Gasteiger charge is 2.39. The largest absolute Gasteiger partial charge is 0.481 e. The van der Waals surface area contributed by atoms with Crippen LogP contribution in [0.25, 0.3) is 0 Å². The Morgan fingerprint density at radius 2 is 1.90 bits per heavy atom. The van der Waals surface area contributed by atoms with Crippen LogP contribution in [-0.4, -0.2) is 28.7 Å². The van der Waals surface area contributed by atoms with E-state index in [1.54, 1.807) is 0 Å². The SMILES string of the molecule is CCC1CCC(NC(=O)NC2(CC(=O)O)CCCC2)C1C. The molecule has 0 aromatic heterocycles. The highest BCUT2D eigenvalue weighted by molar-refractivity contribution is 5.77. The average molecular weight is 296 g/mol. The van der Waals surface area contributed by atoms with Crippen LogP contribution in [0.5, 0.6) is 0 Å². The van der Waals surface area contributed by atoms with Gasteiger partial charge in [0.1, 0.15) is 0 Å². The molecule has 0 heterocycles. The van der Waals surface area contributed by atoms with Crippen LogP contribution in [0.4, 0.5) is 4.79 Å². The quantitative estimate of drug-likeness (QED) is 0.730. The van der Waals surface area contributed by atoms with E-state index in [0.29, 0.717) is 11.8 Å². The smallest absolute Gasteiger partial charge is 0.315 e. The minimum absolute atomic E-state index is 0.0260. The third-order valence-electron chi connectivity index (χ3n) is 5.50. The van der Waals surface area contributed by atoms with Gasteiger partial charge >= 0.3 is 12.0 Å². The van der Waals surface area contributed by atoms with Gasteiger partial charge in [0.2, 0.25) is 0 Å². The Morgan fingerprint density at radius 1 is 1.24 bits per heavy atom. The standard InChI is InChI=1S/C16H28N2O3/c1-3-12-6-7-13(11(12)2)17-15(21)18-16(10-14(19)20)8-4-5-9-16/h11-13H,3-10H2,1-2H3,(H,19,20)(H2,17,18,21). The topological polar surface area (TPSA) is 78.4 Å². The third kappa shape index (κ3) is 3.89. The van der Waals surface area contributed by atoms with Crippen molar-refractivity contribution in [3.05, 3.63) is 0 Å². The Kier molecular flexibility index (Phi) is 5.12. The minimum atomic E-state index is -0.836. The molecule has 5 nitrogen and oxygen atoms in total. The molecule has 0 aromatic rings. The van der Waals surface area contributed by atoms with Crippen LogP contribution in [-0.2, 0) is 4.79 Å². The molecule has 0 aromatic carbocycles. The van der Waals surface area contributed by atoms with Crippen molar-refractivity contribution in [2.24, 2.45) is 11.8 Å². The number of aliphatic carboxylic acids is 1. The van der Waals surface area contributed by atoms with E-state index in [4.69, 9.17) is 5.11 Å². The van der Waals surface area contributed by atoms with Crippen LogP contribution in [0.2, 0.25) is 0 Å². The van der Waals surface area contributed by atoms with Gasteiger partial charge in [-0.1, -0.05) is 33.1 Å². The molecule has 0 spiro atoms. The predicted octanol–water partition coefficient (Wildman–Crippen LogP) is 2.90. The first-order valence-corrected chi connectivity index (χ1v) is 8.26. The lowest BCUT2D eigenvalue weighted by atomic mass is 9.93. The van der Waals surface area contributed by atoms with Gasteiger partial charge < -0.3 is 15.7 Å². The molecule has 3 atom stereocenters. The van der Waals surface area contributed by atoms with Crippen molar-refractivity contribution in [1.82, 2.24) is 10.6 Å². The molecule has 0 radical (unpaired) electrons. The van der Waals surface area contributed by atoms with Gasteiger partial charge in [0.25, 0.3) is 0 Å². The van der Waals surface area contributed by atoms with Gasteiger partial charge in [-0.3, -0.25) is 4.79 Å². The molecule has 2 fully saturated rings. The predicted molar refractivity (Wildman–Crippen MR) is 81.1 cm³/mol. The zero-order valence-electron chi connectivity index (χ0n) is 13.2. The van der Waals surface area contributed by atoms with Crippen LogP contribution < -0.4 is 10.6 Å². The maximum absolute atomic E-state index is 12.3. The molecule has 3 N–H and O–H groups in total. The summed E-state index contributed by atoms with van der Waals surface area (Å²) >= 11 is 0. The lowest BCUT2D eigenvalue weighted by Crippen LogP contribution is -2.54. The summed E-state index contributed by atoms with van der Waals surface area (Å²) in [5.74, 6) is 0.354. The molecule has 2 saturated carbocycles. The van der Waals surface area contributed by atoms with Crippen molar-refractivity contribution in [2.75, 3.05) is 0 Å². The number of nitrogens with one attached hydrogen (secondary N) is 2. The number of carboxylic acids is 1. The number of carboxylic acid groups (broad SMARTS) is 1. The van der Waals surface area contributed by atoms with E-state index in [1.165, 1.54) is 6.42 Å². The van der Waals surface area contributed by atoms with Gasteiger partial charge in [-0.05, 0) is 37.5 Å². The number of carbonyl (C=O) groups excluding carboxylic acids is 1. The maximum atomic E-state index is 12.3. The Hall–Kier alpha value is -1.26. The third-order valence-corrected chi connectivity index (χ3v) is 5.50. The van der Waals surface area contributed by atoms with E-state index in [0.717, 1.165) is 38.5 Å². The van der Waals surface area contributed by atoms with Crippen LogP contribution in [0, 0.1) is 11.8 Å². The molecule has 5 heteroatoms. The summed E-state index contributed by atoms with van der Waals surface area (Å²) in [4.78, 5) is 23.3. The molecule has 2 amide bonds. The Morgan fingerprint density at radius 3 is 2.43 bits per heavy atom. The van der Waals surface area contributed by atoms with E-state index in [9.17, 15) is 9.59 Å². The zero-order chi connectivity index (χ0) is 15.5. The minimum Gasteiger partial charge on any atom is -0.481 e. The molecule has 0 saturated heterocycles. The van der Waals surface area contributed by atoms with Gasteiger partial charge in [-0.15, -0.1) is 0 Å². The van der Waals surface area contributed by atoms with E-state index >= 15 is 0 Å². The number of urea groups is 1. The molecule has 3 unspecified atom stereocenters. The second-order valence-electron chi connectivity index (χ2n) is 6.87. The van der Waals surface area contributed by atoms with Crippen molar-refractivity contribution in [3.63, 3.8) is 0 Å². The molecular formula is C16H28N2O3. The normalized spacial score (nSPS) is 31.0. The van der Waals surface area contributed by atoms with Crippen molar-refractivity contribution in [2.45, 2.75) is 76.8 Å². The highest BCUT2D eigenvalue weighted by Crippen LogP contribution is 2.35. The fourth-order valence-corrected chi connectivity index (χ4v) is 4.16. The first-order valence-electron chi connectivity index (χ1n) is 8.26. The lowest BCUT2D eigenvalue weighted by Gasteiger charge is -2.30.